The number of aryl methyl sites for hydroxylation is 1. The first-order chi connectivity index (χ1) is 11.2. The number of hydrogen-bond acceptors (Lipinski definition) is 5. The number of carbonyl (C=O) groups excluding carboxylic acids is 1. The SMILES string of the molecule is Cn1nc(C(F)(F)F)cc1[C@H]1C(C#N)=C(N)OC2=C1C(=O)CCC2. The maximum Gasteiger partial charge on any atom is 0.435 e. The zero-order valence-corrected chi connectivity index (χ0v) is 12.6. The van der Waals surface area contributed by atoms with E-state index in [9.17, 15) is 23.2 Å². The number of ketones is 1. The Morgan fingerprint density at radius 3 is 2.75 bits per heavy atom. The summed E-state index contributed by atoms with van der Waals surface area (Å²) in [6, 6.07) is 2.69. The molecule has 1 aromatic heterocycles. The van der Waals surface area contributed by atoms with Crippen LogP contribution in [0, 0.1) is 11.3 Å². The van der Waals surface area contributed by atoms with Crippen LogP contribution < -0.4 is 5.73 Å². The van der Waals surface area contributed by atoms with Crippen molar-refractivity contribution < 1.29 is 22.7 Å². The maximum absolute atomic E-state index is 12.9. The first-order valence-electron chi connectivity index (χ1n) is 7.19. The average Bonchev–Trinajstić information content (AvgIpc) is 2.88. The van der Waals surface area contributed by atoms with Gasteiger partial charge in [0, 0.05) is 25.5 Å². The van der Waals surface area contributed by atoms with Crippen LogP contribution in [0.15, 0.2) is 28.9 Å². The van der Waals surface area contributed by atoms with Gasteiger partial charge in [-0.25, -0.2) is 0 Å². The molecule has 1 aromatic rings. The quantitative estimate of drug-likeness (QED) is 0.847. The number of ether oxygens (including phenoxy) is 1. The monoisotopic (exact) mass is 338 g/mol. The van der Waals surface area contributed by atoms with E-state index in [0.29, 0.717) is 18.6 Å². The minimum absolute atomic E-state index is 0.0767. The molecule has 0 fully saturated rings. The number of aromatic nitrogens is 2. The second-order valence-corrected chi connectivity index (χ2v) is 5.61. The summed E-state index contributed by atoms with van der Waals surface area (Å²) in [7, 11) is 1.33. The van der Waals surface area contributed by atoms with E-state index in [0.717, 1.165) is 10.7 Å². The summed E-state index contributed by atoms with van der Waals surface area (Å²) < 4.78 is 45.2. The molecule has 1 atom stereocenters. The smallest absolute Gasteiger partial charge is 0.435 e. The summed E-state index contributed by atoms with van der Waals surface area (Å²) in [5.74, 6) is -1.12. The van der Waals surface area contributed by atoms with Gasteiger partial charge in [-0.2, -0.15) is 23.5 Å². The summed E-state index contributed by atoms with van der Waals surface area (Å²) >= 11 is 0. The minimum Gasteiger partial charge on any atom is -0.444 e. The lowest BCUT2D eigenvalue weighted by molar-refractivity contribution is -0.141. The molecular weight excluding hydrogens is 325 g/mol. The Kier molecular flexibility index (Phi) is 3.63. The lowest BCUT2D eigenvalue weighted by Crippen LogP contribution is -2.28. The highest BCUT2D eigenvalue weighted by atomic mass is 19.4. The second-order valence-electron chi connectivity index (χ2n) is 5.61. The summed E-state index contributed by atoms with van der Waals surface area (Å²) in [5, 5.41) is 12.8. The Bertz CT molecular complexity index is 827. The Morgan fingerprint density at radius 1 is 1.46 bits per heavy atom. The van der Waals surface area contributed by atoms with Gasteiger partial charge in [0.1, 0.15) is 17.4 Å². The van der Waals surface area contributed by atoms with Crippen molar-refractivity contribution in [3.8, 4) is 6.07 Å². The Labute approximate surface area is 135 Å². The summed E-state index contributed by atoms with van der Waals surface area (Å²) in [4.78, 5) is 12.3. The third-order valence-electron chi connectivity index (χ3n) is 4.11. The maximum atomic E-state index is 12.9. The van der Waals surface area contributed by atoms with E-state index in [4.69, 9.17) is 10.5 Å². The molecule has 24 heavy (non-hydrogen) atoms. The van der Waals surface area contributed by atoms with Crippen LogP contribution in [-0.4, -0.2) is 15.6 Å². The third kappa shape index (κ3) is 2.44. The predicted octanol–water partition coefficient (Wildman–Crippen LogP) is 2.25. The van der Waals surface area contributed by atoms with Crippen molar-refractivity contribution in [2.45, 2.75) is 31.4 Å². The van der Waals surface area contributed by atoms with E-state index in [1.165, 1.54) is 7.05 Å². The van der Waals surface area contributed by atoms with E-state index in [1.54, 1.807) is 0 Å². The van der Waals surface area contributed by atoms with Crippen LogP contribution >= 0.6 is 0 Å². The van der Waals surface area contributed by atoms with E-state index < -0.39 is 17.8 Å². The fraction of sp³-hybridized carbons (Fsp3) is 0.400. The number of allylic oxidation sites excluding steroid dienone is 3. The number of rotatable bonds is 1. The molecule has 9 heteroatoms. The number of nitrogens with two attached hydrogens (primary N) is 1. The number of carbonyl (C=O) groups is 1. The van der Waals surface area contributed by atoms with Gasteiger partial charge in [0.05, 0.1) is 11.6 Å². The Hall–Kier alpha value is -2.76. The van der Waals surface area contributed by atoms with Gasteiger partial charge in [0.15, 0.2) is 11.5 Å². The van der Waals surface area contributed by atoms with Crippen molar-refractivity contribution in [2.75, 3.05) is 0 Å². The molecule has 2 heterocycles. The highest BCUT2D eigenvalue weighted by Gasteiger charge is 2.42. The number of alkyl halides is 3. The van der Waals surface area contributed by atoms with Crippen LogP contribution in [-0.2, 0) is 22.8 Å². The van der Waals surface area contributed by atoms with Gasteiger partial charge in [-0.05, 0) is 12.5 Å². The molecule has 0 unspecified atom stereocenters. The normalized spacial score (nSPS) is 21.5. The first-order valence-corrected chi connectivity index (χ1v) is 7.19. The lowest BCUT2D eigenvalue weighted by atomic mass is 9.79. The van der Waals surface area contributed by atoms with E-state index >= 15 is 0 Å². The van der Waals surface area contributed by atoms with Gasteiger partial charge in [-0.1, -0.05) is 0 Å². The molecule has 6 nitrogen and oxygen atoms in total. The number of hydrogen-bond donors (Lipinski definition) is 1. The van der Waals surface area contributed by atoms with Crippen LogP contribution in [0.1, 0.15) is 36.6 Å². The van der Waals surface area contributed by atoms with Crippen molar-refractivity contribution in [3.05, 3.63) is 40.2 Å². The van der Waals surface area contributed by atoms with E-state index in [2.05, 4.69) is 5.10 Å². The van der Waals surface area contributed by atoms with Gasteiger partial charge in [0.2, 0.25) is 5.88 Å². The lowest BCUT2D eigenvalue weighted by Gasteiger charge is -2.30. The number of Topliss-reactive ketones (excluding diaryl/α,β-unsaturated/α-hetero) is 1. The largest absolute Gasteiger partial charge is 0.444 e. The van der Waals surface area contributed by atoms with Gasteiger partial charge >= 0.3 is 6.18 Å². The summed E-state index contributed by atoms with van der Waals surface area (Å²) in [6.07, 6.45) is -3.36. The predicted molar refractivity (Wildman–Crippen MR) is 74.7 cm³/mol. The van der Waals surface area contributed by atoms with E-state index in [1.807, 2.05) is 6.07 Å². The summed E-state index contributed by atoms with van der Waals surface area (Å²) in [5.41, 5.74) is 4.85. The molecule has 1 aliphatic heterocycles. The van der Waals surface area contributed by atoms with Crippen LogP contribution in [0.3, 0.4) is 0 Å². The molecule has 2 N–H and O–H groups in total. The molecule has 0 saturated heterocycles. The highest BCUT2D eigenvalue weighted by Crippen LogP contribution is 2.44. The molecule has 2 aliphatic rings. The molecule has 1 aliphatic carbocycles. The zero-order chi connectivity index (χ0) is 17.6. The van der Waals surface area contributed by atoms with Crippen molar-refractivity contribution in [2.24, 2.45) is 12.8 Å². The third-order valence-corrected chi connectivity index (χ3v) is 4.11. The van der Waals surface area contributed by atoms with Crippen molar-refractivity contribution in [1.82, 2.24) is 9.78 Å². The number of halogens is 3. The molecule has 126 valence electrons. The summed E-state index contributed by atoms with van der Waals surface area (Å²) in [6.45, 7) is 0. The topological polar surface area (TPSA) is 93.9 Å². The molecule has 0 bridgehead atoms. The van der Waals surface area contributed by atoms with Crippen LogP contribution in [0.25, 0.3) is 0 Å². The molecular formula is C15H13F3N4O2. The van der Waals surface area contributed by atoms with Crippen LogP contribution in [0.4, 0.5) is 13.2 Å². The Balaban J connectivity index is 2.20. The van der Waals surface area contributed by atoms with E-state index in [-0.39, 0.29) is 34.9 Å². The molecule has 0 amide bonds. The zero-order valence-electron chi connectivity index (χ0n) is 12.6. The Morgan fingerprint density at radius 2 is 2.17 bits per heavy atom. The fourth-order valence-corrected chi connectivity index (χ4v) is 3.04. The molecule has 0 radical (unpaired) electrons. The number of nitrogens with zero attached hydrogens (tertiary/aromatic N) is 3. The second kappa shape index (κ2) is 5.40. The van der Waals surface area contributed by atoms with Crippen molar-refractivity contribution in [1.29, 1.82) is 5.26 Å². The standard InChI is InChI=1S/C15H13F3N4O2/c1-22-8(5-11(21-22)15(16,17)18)12-7(6-19)14(20)24-10-4-2-3-9(23)13(10)12/h5,12H,2-4,20H2,1H3/t12-/m1/s1. The molecule has 0 saturated carbocycles. The van der Waals surface area contributed by atoms with Crippen LogP contribution in [0.5, 0.6) is 0 Å². The molecule has 0 spiro atoms. The molecule has 0 aromatic carbocycles. The van der Waals surface area contributed by atoms with Gasteiger partial charge < -0.3 is 10.5 Å². The highest BCUT2D eigenvalue weighted by molar-refractivity contribution is 5.99. The average molecular weight is 338 g/mol. The fourth-order valence-electron chi connectivity index (χ4n) is 3.04. The van der Waals surface area contributed by atoms with Gasteiger partial charge in [-0.3, -0.25) is 9.48 Å². The van der Waals surface area contributed by atoms with Crippen molar-refractivity contribution >= 4 is 5.78 Å². The molecule has 3 rings (SSSR count). The first kappa shape index (κ1) is 16.1. The minimum atomic E-state index is -4.63. The van der Waals surface area contributed by atoms with Gasteiger partial charge in [0.25, 0.3) is 0 Å². The van der Waals surface area contributed by atoms with Gasteiger partial charge in [-0.15, -0.1) is 0 Å². The van der Waals surface area contributed by atoms with Crippen LogP contribution in [0.2, 0.25) is 0 Å². The number of nitriles is 1. The van der Waals surface area contributed by atoms with Crippen molar-refractivity contribution in [3.63, 3.8) is 0 Å².